The predicted octanol–water partition coefficient (Wildman–Crippen LogP) is 9.94. The molecule has 4 heteroatoms. The van der Waals surface area contributed by atoms with Crippen molar-refractivity contribution in [3.8, 4) is 0 Å². The third-order valence-electron chi connectivity index (χ3n) is 8.17. The Balaban J connectivity index is 1.43. The molecule has 44 heavy (non-hydrogen) atoms. The topological polar surface area (TPSA) is 55.8 Å². The molecule has 0 saturated heterocycles. The van der Waals surface area contributed by atoms with Gasteiger partial charge >= 0.3 is 5.97 Å². The molecule has 0 radical (unpaired) electrons. The number of carbonyl (C=O) groups is 1. The van der Waals surface area contributed by atoms with Crippen molar-refractivity contribution in [3.63, 3.8) is 0 Å². The highest BCUT2D eigenvalue weighted by molar-refractivity contribution is 5.69. The summed E-state index contributed by atoms with van der Waals surface area (Å²) < 4.78 is 12.4. The van der Waals surface area contributed by atoms with Crippen LogP contribution in [-0.4, -0.2) is 30.4 Å². The van der Waals surface area contributed by atoms with E-state index in [9.17, 15) is 9.90 Å². The van der Waals surface area contributed by atoms with Crippen molar-refractivity contribution in [3.05, 3.63) is 120 Å². The van der Waals surface area contributed by atoms with Crippen LogP contribution in [0.5, 0.6) is 0 Å². The molecule has 0 bridgehead atoms. The van der Waals surface area contributed by atoms with Crippen LogP contribution in [0.4, 0.5) is 0 Å². The zero-order chi connectivity index (χ0) is 31.1. The van der Waals surface area contributed by atoms with Gasteiger partial charge in [-0.2, -0.15) is 0 Å². The van der Waals surface area contributed by atoms with Crippen LogP contribution >= 0.6 is 0 Å². The molecule has 1 N–H and O–H groups in total. The molecule has 0 spiro atoms. The second-order valence-corrected chi connectivity index (χ2v) is 11.7. The number of benzene rings is 3. The Morgan fingerprint density at radius 3 is 1.55 bits per heavy atom. The van der Waals surface area contributed by atoms with Crippen LogP contribution in [0, 0.1) is 0 Å². The Hall–Kier alpha value is -3.21. The molecule has 0 aliphatic carbocycles. The summed E-state index contributed by atoms with van der Waals surface area (Å²) in [6, 6.07) is 30.2. The minimum Gasteiger partial charge on any atom is -0.457 e. The average Bonchev–Trinajstić information content (AvgIpc) is 3.07. The van der Waals surface area contributed by atoms with E-state index in [0.717, 1.165) is 42.4 Å². The zero-order valence-corrected chi connectivity index (χ0v) is 26.9. The van der Waals surface area contributed by atoms with E-state index in [1.807, 2.05) is 91.0 Å². The monoisotopic (exact) mass is 598 g/mol. The fraction of sp³-hybridized carbons (Fsp3) is 0.475. The van der Waals surface area contributed by atoms with Gasteiger partial charge in [0.1, 0.15) is 11.7 Å². The minimum absolute atomic E-state index is 0.0628. The average molecular weight is 599 g/mol. The molecule has 0 saturated carbocycles. The predicted molar refractivity (Wildman–Crippen MR) is 182 cm³/mol. The van der Waals surface area contributed by atoms with Crippen LogP contribution in [0.3, 0.4) is 0 Å². The highest BCUT2D eigenvalue weighted by Crippen LogP contribution is 2.40. The van der Waals surface area contributed by atoms with E-state index in [2.05, 4.69) is 19.1 Å². The molecule has 0 aliphatic rings. The van der Waals surface area contributed by atoms with E-state index in [0.29, 0.717) is 6.42 Å². The standard InChI is InChI=1S/C40H54O4/c1-2-3-4-5-6-7-8-9-10-11-12-13-14-15-25-32-39(42)44-38(33-41)34-43-40(35-26-19-16-20-27-35,36-28-21-17-22-29-36)37-30-23-18-24-31-37/h9-10,16-24,26-31,38,41H,2-8,11-15,25,32-34H2,1H3/b10-9-. The summed E-state index contributed by atoms with van der Waals surface area (Å²) in [5.41, 5.74) is 1.98. The maximum atomic E-state index is 12.7. The normalized spacial score (nSPS) is 12.4. The maximum Gasteiger partial charge on any atom is 0.306 e. The lowest BCUT2D eigenvalue weighted by Gasteiger charge is -2.36. The van der Waals surface area contributed by atoms with Crippen molar-refractivity contribution in [2.45, 2.75) is 109 Å². The number of carbonyl (C=O) groups excluding carboxylic acids is 1. The van der Waals surface area contributed by atoms with Crippen LogP contribution in [0.25, 0.3) is 0 Å². The number of unbranched alkanes of at least 4 members (excludes halogenated alkanes) is 11. The summed E-state index contributed by atoms with van der Waals surface area (Å²) in [5, 5.41) is 10.1. The number of aliphatic hydroxyl groups excluding tert-OH is 1. The summed E-state index contributed by atoms with van der Waals surface area (Å²) in [6.07, 6.45) is 20.1. The lowest BCUT2D eigenvalue weighted by molar-refractivity contribution is -0.157. The molecule has 0 aromatic heterocycles. The molecule has 3 aromatic rings. The summed E-state index contributed by atoms with van der Waals surface area (Å²) >= 11 is 0. The Bertz CT molecular complexity index is 1060. The first-order valence-corrected chi connectivity index (χ1v) is 17.0. The third kappa shape index (κ3) is 12.1. The first-order valence-electron chi connectivity index (χ1n) is 17.0. The van der Waals surface area contributed by atoms with Crippen LogP contribution in [0.2, 0.25) is 0 Å². The second-order valence-electron chi connectivity index (χ2n) is 11.7. The number of rotatable bonds is 23. The van der Waals surface area contributed by atoms with Crippen molar-refractivity contribution >= 4 is 5.97 Å². The van der Waals surface area contributed by atoms with Gasteiger partial charge in [-0.15, -0.1) is 0 Å². The SMILES string of the molecule is CCCCCCCC/C=C\CCCCCCCC(=O)OC(CO)COC(c1ccccc1)(c1ccccc1)c1ccccc1. The number of aliphatic hydroxyl groups is 1. The maximum absolute atomic E-state index is 12.7. The van der Waals surface area contributed by atoms with Crippen LogP contribution in [0.15, 0.2) is 103 Å². The molecule has 1 unspecified atom stereocenters. The molecule has 4 nitrogen and oxygen atoms in total. The fourth-order valence-electron chi connectivity index (χ4n) is 5.70. The summed E-state index contributed by atoms with van der Waals surface area (Å²) in [7, 11) is 0. The fourth-order valence-corrected chi connectivity index (χ4v) is 5.70. The Kier molecular flexibility index (Phi) is 17.2. The number of esters is 1. The van der Waals surface area contributed by atoms with Gasteiger partial charge in [0, 0.05) is 6.42 Å². The van der Waals surface area contributed by atoms with Gasteiger partial charge in [0.2, 0.25) is 0 Å². The van der Waals surface area contributed by atoms with Gasteiger partial charge < -0.3 is 14.6 Å². The molecular weight excluding hydrogens is 544 g/mol. The van der Waals surface area contributed by atoms with Crippen molar-refractivity contribution < 1.29 is 19.4 Å². The Labute approximate surface area is 266 Å². The van der Waals surface area contributed by atoms with Crippen LogP contribution in [0.1, 0.15) is 114 Å². The number of allylic oxidation sites excluding steroid dienone is 2. The summed E-state index contributed by atoms with van der Waals surface area (Å²) in [4.78, 5) is 12.7. The number of hydrogen-bond acceptors (Lipinski definition) is 4. The van der Waals surface area contributed by atoms with Gasteiger partial charge in [-0.3, -0.25) is 4.79 Å². The number of ether oxygens (including phenoxy) is 2. The van der Waals surface area contributed by atoms with Gasteiger partial charge in [-0.1, -0.05) is 161 Å². The van der Waals surface area contributed by atoms with E-state index >= 15 is 0 Å². The van der Waals surface area contributed by atoms with Crippen molar-refractivity contribution in [1.82, 2.24) is 0 Å². The minimum atomic E-state index is -0.924. The van der Waals surface area contributed by atoms with E-state index in [-0.39, 0.29) is 19.2 Å². The van der Waals surface area contributed by atoms with Gasteiger partial charge in [-0.25, -0.2) is 0 Å². The molecule has 238 valence electrons. The lowest BCUT2D eigenvalue weighted by atomic mass is 9.80. The quantitative estimate of drug-likeness (QED) is 0.0511. The van der Waals surface area contributed by atoms with Crippen molar-refractivity contribution in [2.75, 3.05) is 13.2 Å². The molecule has 3 aromatic carbocycles. The first kappa shape index (κ1) is 35.3. The highest BCUT2D eigenvalue weighted by Gasteiger charge is 2.38. The molecule has 1 atom stereocenters. The van der Waals surface area contributed by atoms with Crippen molar-refractivity contribution in [2.24, 2.45) is 0 Å². The Morgan fingerprint density at radius 2 is 1.09 bits per heavy atom. The molecule has 0 aliphatic heterocycles. The molecule has 0 fully saturated rings. The zero-order valence-electron chi connectivity index (χ0n) is 26.9. The van der Waals surface area contributed by atoms with E-state index < -0.39 is 11.7 Å². The third-order valence-corrected chi connectivity index (χ3v) is 8.17. The second kappa shape index (κ2) is 21.5. The molecule has 0 heterocycles. The molecule has 0 amide bonds. The van der Waals surface area contributed by atoms with Crippen LogP contribution in [-0.2, 0) is 19.9 Å². The van der Waals surface area contributed by atoms with Gasteiger partial charge in [0.15, 0.2) is 0 Å². The molecular formula is C40H54O4. The largest absolute Gasteiger partial charge is 0.457 e. The van der Waals surface area contributed by atoms with Gasteiger partial charge in [0.25, 0.3) is 0 Å². The summed E-state index contributed by atoms with van der Waals surface area (Å²) in [6.45, 7) is 2.03. The first-order chi connectivity index (χ1) is 21.7. The smallest absolute Gasteiger partial charge is 0.306 e. The van der Waals surface area contributed by atoms with Gasteiger partial charge in [-0.05, 0) is 48.8 Å². The van der Waals surface area contributed by atoms with Crippen LogP contribution < -0.4 is 0 Å². The van der Waals surface area contributed by atoms with Crippen molar-refractivity contribution in [1.29, 1.82) is 0 Å². The lowest BCUT2D eigenvalue weighted by Crippen LogP contribution is -2.38. The van der Waals surface area contributed by atoms with Gasteiger partial charge in [0.05, 0.1) is 13.2 Å². The van der Waals surface area contributed by atoms with E-state index in [4.69, 9.17) is 9.47 Å². The number of hydrogen-bond donors (Lipinski definition) is 1. The van der Waals surface area contributed by atoms with E-state index in [1.54, 1.807) is 0 Å². The Morgan fingerprint density at radius 1 is 0.659 bits per heavy atom. The molecule has 3 rings (SSSR count). The van der Waals surface area contributed by atoms with E-state index in [1.165, 1.54) is 57.8 Å². The highest BCUT2D eigenvalue weighted by atomic mass is 16.6. The summed E-state index contributed by atoms with van der Waals surface area (Å²) in [5.74, 6) is -0.282.